The highest BCUT2D eigenvalue weighted by Gasteiger charge is 2.23. The predicted octanol–water partition coefficient (Wildman–Crippen LogP) is 5.96. The summed E-state index contributed by atoms with van der Waals surface area (Å²) >= 11 is 6.25. The number of halogens is 1. The summed E-state index contributed by atoms with van der Waals surface area (Å²) in [7, 11) is 0. The van der Waals surface area contributed by atoms with Gasteiger partial charge >= 0.3 is 0 Å². The highest BCUT2D eigenvalue weighted by atomic mass is 35.5. The molecule has 4 aromatic rings. The molecule has 2 aromatic carbocycles. The summed E-state index contributed by atoms with van der Waals surface area (Å²) in [6.07, 6.45) is 0.948. The normalized spacial score (nSPS) is 11.2. The van der Waals surface area contributed by atoms with E-state index in [-0.39, 0.29) is 5.91 Å². The number of amides is 1. The second-order valence-corrected chi connectivity index (χ2v) is 7.53. The Bertz CT molecular complexity index is 1170. The average Bonchev–Trinajstić information content (AvgIpc) is 3.23. The van der Waals surface area contributed by atoms with Crippen LogP contribution < -0.4 is 5.32 Å². The number of anilines is 1. The van der Waals surface area contributed by atoms with E-state index in [1.165, 1.54) is 0 Å². The Morgan fingerprint density at radius 1 is 1.14 bits per heavy atom. The molecule has 2 aromatic heterocycles. The average molecular weight is 407 g/mol. The summed E-state index contributed by atoms with van der Waals surface area (Å²) in [5.41, 5.74) is 5.41. The van der Waals surface area contributed by atoms with Crippen molar-refractivity contribution in [3.63, 3.8) is 0 Å². The Balaban J connectivity index is 1.86. The lowest BCUT2D eigenvalue weighted by molar-refractivity contribution is 0.102. The molecule has 0 spiro atoms. The molecule has 0 aliphatic carbocycles. The van der Waals surface area contributed by atoms with Gasteiger partial charge in [-0.15, -0.1) is 0 Å². The number of nitrogens with one attached hydrogen (secondary N) is 2. The van der Waals surface area contributed by atoms with E-state index in [9.17, 15) is 4.79 Å². The van der Waals surface area contributed by atoms with Crippen LogP contribution >= 0.6 is 11.6 Å². The number of carbonyl (C=O) groups is 1. The fourth-order valence-corrected chi connectivity index (χ4v) is 3.90. The van der Waals surface area contributed by atoms with Crippen molar-refractivity contribution in [2.24, 2.45) is 0 Å². The van der Waals surface area contributed by atoms with E-state index in [2.05, 4.69) is 35.6 Å². The van der Waals surface area contributed by atoms with Gasteiger partial charge in [0.05, 0.1) is 27.2 Å². The van der Waals surface area contributed by atoms with E-state index < -0.39 is 0 Å². The van der Waals surface area contributed by atoms with Gasteiger partial charge in [0.25, 0.3) is 5.91 Å². The number of rotatable bonds is 5. The summed E-state index contributed by atoms with van der Waals surface area (Å²) in [4.78, 5) is 21.2. The minimum Gasteiger partial charge on any atom is -0.338 e. The van der Waals surface area contributed by atoms with Crippen molar-refractivity contribution in [3.8, 4) is 11.4 Å². The molecule has 2 N–H and O–H groups in total. The van der Waals surface area contributed by atoms with Crippen LogP contribution in [-0.4, -0.2) is 20.4 Å². The fraction of sp³-hybridized carbons (Fsp3) is 0.217. The van der Waals surface area contributed by atoms with E-state index in [0.717, 1.165) is 52.5 Å². The Kier molecular flexibility index (Phi) is 5.16. The summed E-state index contributed by atoms with van der Waals surface area (Å²) in [5.74, 6) is 1.25. The number of para-hydroxylation sites is 2. The molecule has 2 heterocycles. The molecule has 4 rings (SSSR count). The molecule has 0 saturated carbocycles. The molecule has 29 heavy (non-hydrogen) atoms. The number of hydrogen-bond acceptors (Lipinski definition) is 2. The quantitative estimate of drug-likeness (QED) is 0.429. The molecule has 0 atom stereocenters. The summed E-state index contributed by atoms with van der Waals surface area (Å²) in [6.45, 7) is 7.05. The number of benzene rings is 2. The third-order valence-corrected chi connectivity index (χ3v) is 5.58. The van der Waals surface area contributed by atoms with Gasteiger partial charge < -0.3 is 14.9 Å². The number of aromatic amines is 1. The molecule has 1 amide bonds. The van der Waals surface area contributed by atoms with Gasteiger partial charge in [0, 0.05) is 12.2 Å². The van der Waals surface area contributed by atoms with Crippen LogP contribution in [0.2, 0.25) is 5.02 Å². The van der Waals surface area contributed by atoms with Crippen molar-refractivity contribution in [2.75, 3.05) is 5.32 Å². The molecule has 6 heteroatoms. The number of imidazole rings is 1. The standard InChI is InChI=1S/C23H23ClN4O/c1-4-13-28-15(3)14(2)20(21-25-18-11-7-8-12-19(18)26-21)22(28)27-23(29)16-9-5-6-10-17(16)24/h5-12H,4,13H2,1-3H3,(H,25,26)(H,27,29). The van der Waals surface area contributed by atoms with Crippen molar-refractivity contribution in [1.82, 2.24) is 14.5 Å². The lowest BCUT2D eigenvalue weighted by Gasteiger charge is -2.13. The Labute approximate surface area is 174 Å². The number of fused-ring (bicyclic) bond motifs is 1. The zero-order valence-corrected chi connectivity index (χ0v) is 17.5. The number of aromatic nitrogens is 3. The van der Waals surface area contributed by atoms with E-state index in [0.29, 0.717) is 10.6 Å². The first-order valence-electron chi connectivity index (χ1n) is 9.72. The molecular weight excluding hydrogens is 384 g/mol. The highest BCUT2D eigenvalue weighted by molar-refractivity contribution is 6.34. The van der Waals surface area contributed by atoms with Gasteiger partial charge in [-0.1, -0.05) is 42.8 Å². The third kappa shape index (κ3) is 3.42. The maximum Gasteiger partial charge on any atom is 0.258 e. The molecule has 0 aliphatic heterocycles. The van der Waals surface area contributed by atoms with Gasteiger partial charge in [-0.25, -0.2) is 4.98 Å². The van der Waals surface area contributed by atoms with Gasteiger partial charge in [0.15, 0.2) is 0 Å². The number of H-pyrrole nitrogens is 1. The fourth-order valence-electron chi connectivity index (χ4n) is 3.68. The van der Waals surface area contributed by atoms with Crippen molar-refractivity contribution in [3.05, 3.63) is 70.4 Å². The van der Waals surface area contributed by atoms with E-state index in [1.807, 2.05) is 36.4 Å². The largest absolute Gasteiger partial charge is 0.338 e. The number of carbonyl (C=O) groups excluding carboxylic acids is 1. The van der Waals surface area contributed by atoms with Crippen LogP contribution in [0.4, 0.5) is 5.82 Å². The van der Waals surface area contributed by atoms with Gasteiger partial charge in [-0.05, 0) is 50.1 Å². The van der Waals surface area contributed by atoms with Gasteiger partial charge in [-0.3, -0.25) is 4.79 Å². The minimum atomic E-state index is -0.234. The Morgan fingerprint density at radius 2 is 1.86 bits per heavy atom. The van der Waals surface area contributed by atoms with Gasteiger partial charge in [0.2, 0.25) is 0 Å². The lowest BCUT2D eigenvalue weighted by atomic mass is 10.1. The lowest BCUT2D eigenvalue weighted by Crippen LogP contribution is -2.17. The van der Waals surface area contributed by atoms with Gasteiger partial charge in [-0.2, -0.15) is 0 Å². The number of nitrogens with zero attached hydrogens (tertiary/aromatic N) is 2. The zero-order valence-electron chi connectivity index (χ0n) is 16.7. The molecule has 0 saturated heterocycles. The van der Waals surface area contributed by atoms with Crippen LogP contribution in [0.15, 0.2) is 48.5 Å². The van der Waals surface area contributed by atoms with Crippen LogP contribution in [0, 0.1) is 13.8 Å². The molecule has 0 unspecified atom stereocenters. The van der Waals surface area contributed by atoms with E-state index in [4.69, 9.17) is 16.6 Å². The molecule has 148 valence electrons. The first kappa shape index (κ1) is 19.3. The van der Waals surface area contributed by atoms with E-state index >= 15 is 0 Å². The molecular formula is C23H23ClN4O. The van der Waals surface area contributed by atoms with Crippen LogP contribution in [-0.2, 0) is 6.54 Å². The summed E-state index contributed by atoms with van der Waals surface area (Å²) < 4.78 is 2.15. The van der Waals surface area contributed by atoms with Crippen LogP contribution in [0.1, 0.15) is 35.0 Å². The second-order valence-electron chi connectivity index (χ2n) is 7.12. The maximum atomic E-state index is 13.0. The monoisotopic (exact) mass is 406 g/mol. The summed E-state index contributed by atoms with van der Waals surface area (Å²) in [5, 5.41) is 3.53. The second kappa shape index (κ2) is 7.76. The van der Waals surface area contributed by atoms with Crippen LogP contribution in [0.5, 0.6) is 0 Å². The molecule has 0 radical (unpaired) electrons. The third-order valence-electron chi connectivity index (χ3n) is 5.25. The number of hydrogen-bond donors (Lipinski definition) is 2. The molecule has 5 nitrogen and oxygen atoms in total. The molecule has 0 aliphatic rings. The Morgan fingerprint density at radius 3 is 2.59 bits per heavy atom. The smallest absolute Gasteiger partial charge is 0.258 e. The first-order valence-corrected chi connectivity index (χ1v) is 10.1. The molecule has 0 bridgehead atoms. The van der Waals surface area contributed by atoms with Gasteiger partial charge in [0.1, 0.15) is 11.6 Å². The first-order chi connectivity index (χ1) is 14.0. The van der Waals surface area contributed by atoms with Crippen LogP contribution in [0.3, 0.4) is 0 Å². The zero-order chi connectivity index (χ0) is 20.5. The van der Waals surface area contributed by atoms with Crippen molar-refractivity contribution < 1.29 is 4.79 Å². The Hall–Kier alpha value is -3.05. The van der Waals surface area contributed by atoms with Crippen molar-refractivity contribution in [2.45, 2.75) is 33.7 Å². The minimum absolute atomic E-state index is 0.234. The highest BCUT2D eigenvalue weighted by Crippen LogP contribution is 2.36. The summed E-state index contributed by atoms with van der Waals surface area (Å²) in [6, 6.07) is 15.0. The molecule has 0 fully saturated rings. The van der Waals surface area contributed by atoms with Crippen molar-refractivity contribution in [1.29, 1.82) is 0 Å². The SMILES string of the molecule is CCCn1c(C)c(C)c(-c2nc3ccccc3[nH]2)c1NC(=O)c1ccccc1Cl. The topological polar surface area (TPSA) is 62.7 Å². The van der Waals surface area contributed by atoms with Crippen molar-refractivity contribution >= 4 is 34.4 Å². The maximum absolute atomic E-state index is 13.0. The predicted molar refractivity (Wildman–Crippen MR) is 119 cm³/mol. The van der Waals surface area contributed by atoms with Crippen LogP contribution in [0.25, 0.3) is 22.4 Å². The van der Waals surface area contributed by atoms with E-state index in [1.54, 1.807) is 12.1 Å².